The zero-order valence-electron chi connectivity index (χ0n) is 24.4. The minimum Gasteiger partial charge on any atom is -0.464 e. The summed E-state index contributed by atoms with van der Waals surface area (Å²) in [6.07, 6.45) is -0.247. The second kappa shape index (κ2) is 10.5. The molecule has 1 aromatic heterocycles. The normalized spacial score (nSPS) is 13.9. The van der Waals surface area contributed by atoms with Crippen LogP contribution in [0, 0.1) is 0 Å². The summed E-state index contributed by atoms with van der Waals surface area (Å²) in [6, 6.07) is 56.2. The molecule has 0 radical (unpaired) electrons. The molecule has 9 rings (SSSR count). The van der Waals surface area contributed by atoms with Gasteiger partial charge in [0, 0.05) is 37.1 Å². The van der Waals surface area contributed by atoms with Crippen molar-refractivity contribution in [3.05, 3.63) is 163 Å². The van der Waals surface area contributed by atoms with Crippen molar-refractivity contribution in [3.63, 3.8) is 0 Å². The van der Waals surface area contributed by atoms with Crippen molar-refractivity contribution < 1.29 is 4.74 Å². The van der Waals surface area contributed by atoms with E-state index in [1.54, 1.807) is 0 Å². The number of fused-ring (bicyclic) bond motifs is 6. The number of nitrogens with one attached hydrogen (secondary N) is 1. The van der Waals surface area contributed by atoms with Crippen molar-refractivity contribution in [2.24, 2.45) is 0 Å². The molecule has 0 spiro atoms. The number of nitrogens with zero attached hydrogens (tertiary/aromatic N) is 1. The zero-order chi connectivity index (χ0) is 29.7. The van der Waals surface area contributed by atoms with Crippen LogP contribution < -0.4 is 15.0 Å². The number of thiophene rings is 1. The Morgan fingerprint density at radius 2 is 1.29 bits per heavy atom. The summed E-state index contributed by atoms with van der Waals surface area (Å²) >= 11 is 1.84. The molecule has 0 saturated heterocycles. The molecular formula is C41H28N2OS. The molecule has 8 aromatic rings. The van der Waals surface area contributed by atoms with Crippen LogP contribution >= 0.6 is 11.3 Å². The fraction of sp³-hybridized carbons (Fsp3) is 0.0244. The van der Waals surface area contributed by atoms with Gasteiger partial charge < -0.3 is 15.0 Å². The molecular weight excluding hydrogens is 569 g/mol. The monoisotopic (exact) mass is 596 g/mol. The Bertz CT molecular complexity index is 2350. The van der Waals surface area contributed by atoms with Gasteiger partial charge in [-0.15, -0.1) is 11.3 Å². The van der Waals surface area contributed by atoms with Crippen molar-refractivity contribution in [1.29, 1.82) is 0 Å². The lowest BCUT2D eigenvalue weighted by Gasteiger charge is -2.28. The molecule has 3 nitrogen and oxygen atoms in total. The second-order valence-electron chi connectivity index (χ2n) is 11.4. The minimum atomic E-state index is -0.247. The third-order valence-electron chi connectivity index (χ3n) is 8.67. The third-order valence-corrected chi connectivity index (χ3v) is 9.82. The average molecular weight is 597 g/mol. The molecule has 2 heterocycles. The fourth-order valence-corrected chi connectivity index (χ4v) is 7.64. The van der Waals surface area contributed by atoms with E-state index < -0.39 is 0 Å². The molecule has 7 aromatic carbocycles. The highest BCUT2D eigenvalue weighted by atomic mass is 32.1. The number of hydrogen-bond acceptors (Lipinski definition) is 4. The van der Waals surface area contributed by atoms with Gasteiger partial charge in [-0.1, -0.05) is 109 Å². The average Bonchev–Trinajstić information content (AvgIpc) is 3.71. The van der Waals surface area contributed by atoms with Crippen LogP contribution in [0.4, 0.5) is 22.7 Å². The van der Waals surface area contributed by atoms with Crippen molar-refractivity contribution in [2.75, 3.05) is 10.2 Å². The number of ether oxygens (including phenoxy) is 1. The van der Waals surface area contributed by atoms with Crippen LogP contribution in [0.2, 0.25) is 0 Å². The topological polar surface area (TPSA) is 24.5 Å². The minimum absolute atomic E-state index is 0.247. The Hall–Kier alpha value is -5.58. The standard InChI is InChI=1S/C41H28N2OS/c1-3-11-27(12-4-1)30-16-9-17-31(25-30)43(32-22-24-38-34(26-32)33-18-7-8-20-37(33)45-38)36-19-10-15-28-21-23-35-40(39(28)36)44-41(42-35)29-13-5-2-6-14-29/h1-26,41-42H. The van der Waals surface area contributed by atoms with E-state index in [2.05, 4.69) is 162 Å². The van der Waals surface area contributed by atoms with E-state index in [0.717, 1.165) is 44.8 Å². The Morgan fingerprint density at radius 3 is 2.18 bits per heavy atom. The molecule has 1 aliphatic rings. The van der Waals surface area contributed by atoms with Crippen LogP contribution in [-0.2, 0) is 0 Å². The number of hydrogen-bond donors (Lipinski definition) is 1. The van der Waals surface area contributed by atoms with Gasteiger partial charge in [0.25, 0.3) is 0 Å². The molecule has 1 atom stereocenters. The molecule has 0 amide bonds. The molecule has 0 bridgehead atoms. The Labute approximate surface area is 265 Å². The molecule has 0 aliphatic carbocycles. The maximum absolute atomic E-state index is 6.74. The van der Waals surface area contributed by atoms with E-state index >= 15 is 0 Å². The SMILES string of the molecule is c1ccc(-c2cccc(N(c3ccc4sc5ccccc5c4c3)c3cccc4ccc5c(c34)OC(c3ccccc3)N5)c2)cc1. The predicted molar refractivity (Wildman–Crippen MR) is 190 cm³/mol. The summed E-state index contributed by atoms with van der Waals surface area (Å²) in [5, 5.41) is 8.39. The highest BCUT2D eigenvalue weighted by molar-refractivity contribution is 7.25. The maximum atomic E-state index is 6.74. The molecule has 0 saturated carbocycles. The summed E-state index contributed by atoms with van der Waals surface area (Å²) in [7, 11) is 0. The molecule has 1 aliphatic heterocycles. The first-order valence-corrected chi connectivity index (χ1v) is 16.0. The van der Waals surface area contributed by atoms with Gasteiger partial charge in [0.05, 0.1) is 16.8 Å². The largest absolute Gasteiger partial charge is 0.464 e. The van der Waals surface area contributed by atoms with Crippen LogP contribution in [-0.4, -0.2) is 0 Å². The van der Waals surface area contributed by atoms with Gasteiger partial charge in [0.15, 0.2) is 12.0 Å². The van der Waals surface area contributed by atoms with Gasteiger partial charge in [-0.25, -0.2) is 0 Å². The molecule has 1 N–H and O–H groups in total. The van der Waals surface area contributed by atoms with Crippen LogP contribution in [0.25, 0.3) is 42.1 Å². The van der Waals surface area contributed by atoms with Crippen LogP contribution in [0.5, 0.6) is 5.75 Å². The maximum Gasteiger partial charge on any atom is 0.196 e. The summed E-state index contributed by atoms with van der Waals surface area (Å²) in [6.45, 7) is 0. The van der Waals surface area contributed by atoms with E-state index in [4.69, 9.17) is 4.74 Å². The highest BCUT2D eigenvalue weighted by Crippen LogP contribution is 2.50. The smallest absolute Gasteiger partial charge is 0.196 e. The Balaban J connectivity index is 1.28. The lowest BCUT2D eigenvalue weighted by atomic mass is 10.0. The summed E-state index contributed by atoms with van der Waals surface area (Å²) in [5.41, 5.74) is 7.73. The van der Waals surface area contributed by atoms with Crippen LogP contribution in [0.3, 0.4) is 0 Å². The molecule has 1 unspecified atom stereocenters. The van der Waals surface area contributed by atoms with Crippen molar-refractivity contribution in [1.82, 2.24) is 0 Å². The Morgan fingerprint density at radius 1 is 0.556 bits per heavy atom. The number of anilines is 4. The number of rotatable bonds is 5. The van der Waals surface area contributed by atoms with Gasteiger partial charge in [0.2, 0.25) is 0 Å². The lowest BCUT2D eigenvalue weighted by molar-refractivity contribution is 0.262. The first kappa shape index (κ1) is 25.9. The fourth-order valence-electron chi connectivity index (χ4n) is 6.55. The highest BCUT2D eigenvalue weighted by Gasteiger charge is 2.28. The molecule has 4 heteroatoms. The van der Waals surface area contributed by atoms with E-state index in [-0.39, 0.29) is 6.23 Å². The van der Waals surface area contributed by atoms with E-state index in [9.17, 15) is 0 Å². The lowest BCUT2D eigenvalue weighted by Crippen LogP contribution is -2.11. The van der Waals surface area contributed by atoms with E-state index in [1.807, 2.05) is 17.4 Å². The first-order chi connectivity index (χ1) is 22.3. The molecule has 0 fully saturated rings. The van der Waals surface area contributed by atoms with Gasteiger partial charge in [-0.05, 0) is 65.0 Å². The van der Waals surface area contributed by atoms with Crippen LogP contribution in [0.15, 0.2) is 158 Å². The summed E-state index contributed by atoms with van der Waals surface area (Å²) in [5.74, 6) is 0.878. The number of benzene rings is 7. The van der Waals surface area contributed by atoms with Gasteiger partial charge in [-0.3, -0.25) is 0 Å². The third kappa shape index (κ3) is 4.42. The predicted octanol–water partition coefficient (Wildman–Crippen LogP) is 11.8. The van der Waals surface area contributed by atoms with Crippen molar-refractivity contribution in [2.45, 2.75) is 6.23 Å². The van der Waals surface area contributed by atoms with Crippen molar-refractivity contribution in [3.8, 4) is 16.9 Å². The van der Waals surface area contributed by atoms with E-state index in [0.29, 0.717) is 0 Å². The van der Waals surface area contributed by atoms with Crippen LogP contribution in [0.1, 0.15) is 11.8 Å². The van der Waals surface area contributed by atoms with Gasteiger partial charge in [0.1, 0.15) is 0 Å². The Kier molecular flexibility index (Phi) is 6.06. The molecule has 214 valence electrons. The summed E-state index contributed by atoms with van der Waals surface area (Å²) < 4.78 is 9.33. The van der Waals surface area contributed by atoms with Crippen molar-refractivity contribution >= 4 is 65.0 Å². The molecule has 45 heavy (non-hydrogen) atoms. The van der Waals surface area contributed by atoms with Gasteiger partial charge in [-0.2, -0.15) is 0 Å². The zero-order valence-corrected chi connectivity index (χ0v) is 25.2. The first-order valence-electron chi connectivity index (χ1n) is 15.2. The quantitative estimate of drug-likeness (QED) is 0.214. The van der Waals surface area contributed by atoms with Gasteiger partial charge >= 0.3 is 0 Å². The second-order valence-corrected chi connectivity index (χ2v) is 12.5. The van der Waals surface area contributed by atoms with E-state index in [1.165, 1.54) is 31.3 Å². The summed E-state index contributed by atoms with van der Waals surface area (Å²) in [4.78, 5) is 2.39.